The van der Waals surface area contributed by atoms with Crippen LogP contribution in [0.4, 0.5) is 8.78 Å². The van der Waals surface area contributed by atoms with E-state index < -0.39 is 22.6 Å². The standard InChI is InChI=1S/C43H52F2N4O3/c1-24(2)31-11-7-26(5)15-34(31)42(21-46,35-16-27(6)8-12-32(35)25(3)4)22-50-30-19-37-40(48-20-30)52-39-14-9-28(33-18-29(44)10-13-38(33)45)17-36(39)43(37)23-51-41(47)49-43/h9-10,13-14,17-20,24-27,31-32,34-35H,7-8,11-12,15-16,22-23H2,1-6H3,(H2,47,49)/t26?,27?,31?,32?,34?,35?,42?,43-/m0/s1. The summed E-state index contributed by atoms with van der Waals surface area (Å²) in [5.41, 5.74) is 6.10. The van der Waals surface area contributed by atoms with Crippen LogP contribution in [0.2, 0.25) is 0 Å². The molecule has 2 N–H and O–H groups in total. The number of rotatable bonds is 8. The summed E-state index contributed by atoms with van der Waals surface area (Å²) in [7, 11) is 0. The Morgan fingerprint density at radius 3 is 2.21 bits per heavy atom. The molecule has 7 nitrogen and oxygen atoms in total. The zero-order chi connectivity index (χ0) is 36.9. The number of hydrogen-bond donors (Lipinski definition) is 1. The Bertz CT molecular complexity index is 1860. The lowest BCUT2D eigenvalue weighted by molar-refractivity contribution is -0.0602. The van der Waals surface area contributed by atoms with Gasteiger partial charge in [-0.15, -0.1) is 0 Å². The van der Waals surface area contributed by atoms with Crippen LogP contribution in [0.1, 0.15) is 91.2 Å². The summed E-state index contributed by atoms with van der Waals surface area (Å²) in [5, 5.41) is 11.5. The van der Waals surface area contributed by atoms with E-state index in [0.29, 0.717) is 69.6 Å². The Kier molecular flexibility index (Phi) is 9.73. The van der Waals surface area contributed by atoms with E-state index in [0.717, 1.165) is 37.8 Å². The lowest BCUT2D eigenvalue weighted by Gasteiger charge is -2.53. The Hall–Kier alpha value is -4.19. The summed E-state index contributed by atoms with van der Waals surface area (Å²) in [4.78, 5) is 9.53. The summed E-state index contributed by atoms with van der Waals surface area (Å²) < 4.78 is 48.1. The lowest BCUT2D eigenvalue weighted by Crippen LogP contribution is -2.52. The number of pyridine rings is 1. The van der Waals surface area contributed by atoms with Gasteiger partial charge in [-0.25, -0.2) is 18.8 Å². The van der Waals surface area contributed by atoms with E-state index in [-0.39, 0.29) is 36.6 Å². The van der Waals surface area contributed by atoms with Crippen molar-refractivity contribution in [1.29, 1.82) is 5.26 Å². The van der Waals surface area contributed by atoms with E-state index in [9.17, 15) is 14.0 Å². The maximum absolute atomic E-state index is 14.9. The van der Waals surface area contributed by atoms with Gasteiger partial charge in [-0.3, -0.25) is 0 Å². The molecule has 2 aromatic carbocycles. The van der Waals surface area contributed by atoms with Gasteiger partial charge in [-0.05, 0) is 115 Å². The Labute approximate surface area is 307 Å². The highest BCUT2D eigenvalue weighted by molar-refractivity contribution is 5.78. The van der Waals surface area contributed by atoms with Gasteiger partial charge in [0.05, 0.1) is 23.2 Å². The average molecular weight is 711 g/mol. The molecule has 7 rings (SSSR count). The molecule has 7 atom stereocenters. The van der Waals surface area contributed by atoms with Gasteiger partial charge in [0.2, 0.25) is 5.88 Å². The predicted octanol–water partition coefficient (Wildman–Crippen LogP) is 10.0. The zero-order valence-corrected chi connectivity index (χ0v) is 31.3. The molecule has 0 radical (unpaired) electrons. The van der Waals surface area contributed by atoms with Crippen molar-refractivity contribution in [3.05, 3.63) is 71.4 Å². The predicted molar refractivity (Wildman–Crippen MR) is 198 cm³/mol. The molecular formula is C43H52F2N4O3. The van der Waals surface area contributed by atoms with Crippen molar-refractivity contribution in [2.75, 3.05) is 13.2 Å². The fourth-order valence-corrected chi connectivity index (χ4v) is 10.2. The van der Waals surface area contributed by atoms with Crippen molar-refractivity contribution < 1.29 is 23.0 Å². The number of nitrogens with zero attached hydrogens (tertiary/aromatic N) is 3. The number of hydrogen-bond acceptors (Lipinski definition) is 7. The van der Waals surface area contributed by atoms with Crippen LogP contribution in [0.15, 0.2) is 53.7 Å². The van der Waals surface area contributed by atoms with Crippen LogP contribution in [0.25, 0.3) is 11.1 Å². The van der Waals surface area contributed by atoms with Gasteiger partial charge in [0.1, 0.15) is 36.3 Å². The number of aromatic nitrogens is 1. The summed E-state index contributed by atoms with van der Waals surface area (Å²) in [6.45, 7) is 14.3. The van der Waals surface area contributed by atoms with Crippen molar-refractivity contribution >= 4 is 6.02 Å². The largest absolute Gasteiger partial charge is 0.490 e. The first kappa shape index (κ1) is 36.2. The summed E-state index contributed by atoms with van der Waals surface area (Å²) >= 11 is 0. The minimum Gasteiger partial charge on any atom is -0.490 e. The molecule has 4 aliphatic rings. The van der Waals surface area contributed by atoms with Gasteiger partial charge in [0.15, 0.2) is 5.54 Å². The lowest BCUT2D eigenvalue weighted by atomic mass is 9.50. The van der Waals surface area contributed by atoms with Gasteiger partial charge in [-0.1, -0.05) is 60.5 Å². The van der Waals surface area contributed by atoms with Crippen molar-refractivity contribution in [2.24, 2.45) is 63.5 Å². The smallest absolute Gasteiger partial charge is 0.283 e. The fourth-order valence-electron chi connectivity index (χ4n) is 10.2. The third-order valence-corrected chi connectivity index (χ3v) is 12.9. The number of halogens is 2. The fraction of sp³-hybridized carbons (Fsp3) is 0.558. The zero-order valence-electron chi connectivity index (χ0n) is 31.3. The molecule has 2 aliphatic carbocycles. The highest BCUT2D eigenvalue weighted by Crippen LogP contribution is 2.57. The molecule has 2 aliphatic heterocycles. The van der Waals surface area contributed by atoms with Crippen LogP contribution in [-0.2, 0) is 10.3 Å². The third-order valence-electron chi connectivity index (χ3n) is 12.9. The molecule has 1 spiro atoms. The first-order chi connectivity index (χ1) is 24.8. The van der Waals surface area contributed by atoms with Crippen LogP contribution >= 0.6 is 0 Å². The summed E-state index contributed by atoms with van der Waals surface area (Å²) in [5.74, 6) is 3.52. The van der Waals surface area contributed by atoms with Crippen LogP contribution in [-0.4, -0.2) is 24.2 Å². The first-order valence-electron chi connectivity index (χ1n) is 19.2. The van der Waals surface area contributed by atoms with E-state index in [1.54, 1.807) is 24.4 Å². The highest BCUT2D eigenvalue weighted by Gasteiger charge is 2.55. The van der Waals surface area contributed by atoms with E-state index in [1.807, 2.05) is 6.07 Å². The Morgan fingerprint density at radius 1 is 0.942 bits per heavy atom. The SMILES string of the molecule is CC1CCC(C(C)C)C(C(C#N)(COc2cnc3c(c2)[C@]2(COC(N)=N2)c2cc(-c4cc(F)ccc4F)ccc2O3)C2CC(C)CCC2C(C)C)C1. The second-order valence-electron chi connectivity index (χ2n) is 16.9. The van der Waals surface area contributed by atoms with Crippen LogP contribution in [0.5, 0.6) is 17.4 Å². The molecule has 52 heavy (non-hydrogen) atoms. The van der Waals surface area contributed by atoms with Crippen molar-refractivity contribution in [1.82, 2.24) is 4.98 Å². The first-order valence-corrected chi connectivity index (χ1v) is 19.2. The maximum Gasteiger partial charge on any atom is 0.283 e. The molecule has 6 unspecified atom stereocenters. The van der Waals surface area contributed by atoms with Crippen LogP contribution in [0.3, 0.4) is 0 Å². The monoisotopic (exact) mass is 710 g/mol. The summed E-state index contributed by atoms with van der Waals surface area (Å²) in [6.07, 6.45) is 8.33. The molecule has 0 amide bonds. The Balaban J connectivity index is 1.29. The average Bonchev–Trinajstić information content (AvgIpc) is 3.51. The second-order valence-corrected chi connectivity index (χ2v) is 16.9. The molecule has 0 saturated heterocycles. The van der Waals surface area contributed by atoms with E-state index >= 15 is 0 Å². The van der Waals surface area contributed by atoms with Gasteiger partial charge in [-0.2, -0.15) is 5.26 Å². The quantitative estimate of drug-likeness (QED) is 0.250. The number of amidine groups is 1. The molecule has 3 aromatic rings. The number of fused-ring (bicyclic) bond motifs is 4. The van der Waals surface area contributed by atoms with Crippen molar-refractivity contribution in [3.63, 3.8) is 0 Å². The normalized spacial score (nSPS) is 29.4. The molecule has 9 heteroatoms. The minimum atomic E-state index is -1.16. The van der Waals surface area contributed by atoms with E-state index in [1.165, 1.54) is 18.9 Å². The molecule has 2 fully saturated rings. The molecule has 3 heterocycles. The number of ether oxygens (including phenoxy) is 3. The van der Waals surface area contributed by atoms with E-state index in [2.05, 4.69) is 47.6 Å². The number of benzene rings is 2. The molecule has 0 bridgehead atoms. The molecule has 2 saturated carbocycles. The molecule has 1 aromatic heterocycles. The van der Waals surface area contributed by atoms with E-state index in [4.69, 9.17) is 29.9 Å². The topological polar surface area (TPSA) is 103 Å². The van der Waals surface area contributed by atoms with Crippen LogP contribution < -0.4 is 15.2 Å². The van der Waals surface area contributed by atoms with Gasteiger partial charge in [0.25, 0.3) is 6.02 Å². The molecular weight excluding hydrogens is 658 g/mol. The second kappa shape index (κ2) is 14.0. The van der Waals surface area contributed by atoms with Gasteiger partial charge >= 0.3 is 0 Å². The highest BCUT2D eigenvalue weighted by atomic mass is 19.1. The number of aliphatic imine (C=N–C) groups is 1. The maximum atomic E-state index is 14.9. The van der Waals surface area contributed by atoms with Gasteiger partial charge < -0.3 is 19.9 Å². The minimum absolute atomic E-state index is 0.00764. The third kappa shape index (κ3) is 6.30. The van der Waals surface area contributed by atoms with Gasteiger partial charge in [0, 0.05) is 11.1 Å². The number of nitrogens with two attached hydrogens (primary N) is 1. The number of nitriles is 1. The molecule has 276 valence electrons. The van der Waals surface area contributed by atoms with Crippen LogP contribution in [0, 0.1) is 75.7 Å². The Morgan fingerprint density at radius 2 is 1.62 bits per heavy atom. The summed E-state index contributed by atoms with van der Waals surface area (Å²) in [6, 6.07) is 13.4. The van der Waals surface area contributed by atoms with Crippen molar-refractivity contribution in [3.8, 4) is 34.6 Å². The van der Waals surface area contributed by atoms with Crippen molar-refractivity contribution in [2.45, 2.75) is 85.6 Å².